The van der Waals surface area contributed by atoms with E-state index in [4.69, 9.17) is 10.5 Å². The van der Waals surface area contributed by atoms with E-state index in [-0.39, 0.29) is 11.8 Å². The molecule has 17 heavy (non-hydrogen) atoms. The van der Waals surface area contributed by atoms with Gasteiger partial charge >= 0.3 is 0 Å². The van der Waals surface area contributed by atoms with Crippen LogP contribution in [0.1, 0.15) is 25.3 Å². The molecule has 2 rings (SSSR count). The Labute approximate surface area is 99.8 Å². The number of ether oxygens (including phenoxy) is 1. The zero-order valence-corrected chi connectivity index (χ0v) is 9.88. The summed E-state index contributed by atoms with van der Waals surface area (Å²) in [6.45, 7) is 2.20. The standard InChI is InChI=1S/C13H17F2NO/c1-8(16)4-10-5-11(14)13(12(15)6-10)17-7-9-2-3-9/h5-6,8-9H,2-4,7,16H2,1H3. The molecular formula is C13H17F2NO. The van der Waals surface area contributed by atoms with Crippen molar-refractivity contribution >= 4 is 0 Å². The molecule has 4 heteroatoms. The number of halogens is 2. The number of nitrogens with two attached hydrogens (primary N) is 1. The molecule has 0 amide bonds. The minimum absolute atomic E-state index is 0.118. The average molecular weight is 241 g/mol. The molecule has 2 N–H and O–H groups in total. The van der Waals surface area contributed by atoms with Crippen molar-refractivity contribution in [1.82, 2.24) is 0 Å². The normalized spacial score (nSPS) is 16.9. The summed E-state index contributed by atoms with van der Waals surface area (Å²) in [5.74, 6) is -1.06. The molecular weight excluding hydrogens is 224 g/mol. The van der Waals surface area contributed by atoms with Gasteiger partial charge in [0.25, 0.3) is 0 Å². The van der Waals surface area contributed by atoms with Crippen LogP contribution in [0.5, 0.6) is 5.75 Å². The molecule has 94 valence electrons. The number of hydrogen-bond acceptors (Lipinski definition) is 2. The topological polar surface area (TPSA) is 35.2 Å². The molecule has 2 nitrogen and oxygen atoms in total. The van der Waals surface area contributed by atoms with Crippen molar-refractivity contribution in [2.75, 3.05) is 6.61 Å². The zero-order valence-electron chi connectivity index (χ0n) is 9.88. The Hall–Kier alpha value is -1.16. The highest BCUT2D eigenvalue weighted by molar-refractivity contribution is 5.31. The fourth-order valence-corrected chi connectivity index (χ4v) is 1.73. The summed E-state index contributed by atoms with van der Waals surface area (Å²) in [7, 11) is 0. The van der Waals surface area contributed by atoms with Crippen LogP contribution in [0.15, 0.2) is 12.1 Å². The van der Waals surface area contributed by atoms with E-state index in [0.717, 1.165) is 12.8 Å². The lowest BCUT2D eigenvalue weighted by Crippen LogP contribution is -2.18. The van der Waals surface area contributed by atoms with Crippen LogP contribution in [0.4, 0.5) is 8.78 Å². The molecule has 1 unspecified atom stereocenters. The third-order valence-electron chi connectivity index (χ3n) is 2.78. The van der Waals surface area contributed by atoms with Gasteiger partial charge in [0.1, 0.15) is 0 Å². The van der Waals surface area contributed by atoms with E-state index in [1.807, 2.05) is 0 Å². The molecule has 1 atom stereocenters. The summed E-state index contributed by atoms with van der Waals surface area (Å²) in [5.41, 5.74) is 6.16. The first kappa shape index (κ1) is 12.3. The highest BCUT2D eigenvalue weighted by atomic mass is 19.1. The van der Waals surface area contributed by atoms with Crippen LogP contribution in [0.3, 0.4) is 0 Å². The monoisotopic (exact) mass is 241 g/mol. The minimum atomic E-state index is -0.638. The van der Waals surface area contributed by atoms with Crippen molar-refractivity contribution in [1.29, 1.82) is 0 Å². The summed E-state index contributed by atoms with van der Waals surface area (Å²) >= 11 is 0. The molecule has 1 aromatic carbocycles. The molecule has 0 saturated heterocycles. The maximum atomic E-state index is 13.6. The van der Waals surface area contributed by atoms with Gasteiger partial charge < -0.3 is 10.5 Å². The largest absolute Gasteiger partial charge is 0.487 e. The van der Waals surface area contributed by atoms with Crippen molar-refractivity contribution in [3.8, 4) is 5.75 Å². The van der Waals surface area contributed by atoms with Gasteiger partial charge in [0.05, 0.1) is 6.61 Å². The molecule has 1 fully saturated rings. The first-order valence-electron chi connectivity index (χ1n) is 5.92. The van der Waals surface area contributed by atoms with Crippen LogP contribution >= 0.6 is 0 Å². The molecule has 1 aliphatic rings. The van der Waals surface area contributed by atoms with Crippen molar-refractivity contribution in [2.24, 2.45) is 11.7 Å². The summed E-state index contributed by atoms with van der Waals surface area (Å²) in [6.07, 6.45) is 2.63. The van der Waals surface area contributed by atoms with Gasteiger partial charge in [-0.25, -0.2) is 8.78 Å². The lowest BCUT2D eigenvalue weighted by atomic mass is 10.1. The third-order valence-corrected chi connectivity index (χ3v) is 2.78. The second kappa shape index (κ2) is 5.00. The van der Waals surface area contributed by atoms with Crippen molar-refractivity contribution in [2.45, 2.75) is 32.2 Å². The summed E-state index contributed by atoms with van der Waals surface area (Å²) in [6, 6.07) is 2.48. The van der Waals surface area contributed by atoms with Crippen LogP contribution in [0, 0.1) is 17.6 Å². The fraction of sp³-hybridized carbons (Fsp3) is 0.538. The van der Waals surface area contributed by atoms with Crippen LogP contribution in [-0.2, 0) is 6.42 Å². The molecule has 0 radical (unpaired) electrons. The molecule has 0 heterocycles. The van der Waals surface area contributed by atoms with Gasteiger partial charge in [0.15, 0.2) is 17.4 Å². The first-order valence-corrected chi connectivity index (χ1v) is 5.92. The van der Waals surface area contributed by atoms with E-state index in [1.54, 1.807) is 6.92 Å². The van der Waals surface area contributed by atoms with Crippen LogP contribution in [0.25, 0.3) is 0 Å². The summed E-state index contributed by atoms with van der Waals surface area (Å²) < 4.78 is 32.4. The van der Waals surface area contributed by atoms with Gasteiger partial charge in [-0.3, -0.25) is 0 Å². The minimum Gasteiger partial charge on any atom is -0.487 e. The Kier molecular flexibility index (Phi) is 3.62. The van der Waals surface area contributed by atoms with Crippen LogP contribution < -0.4 is 10.5 Å². The molecule has 1 aliphatic carbocycles. The Morgan fingerprint density at radius 1 is 1.35 bits per heavy atom. The smallest absolute Gasteiger partial charge is 0.190 e. The summed E-state index contributed by atoms with van der Waals surface area (Å²) in [4.78, 5) is 0. The van der Waals surface area contributed by atoms with E-state index in [9.17, 15) is 8.78 Å². The van der Waals surface area contributed by atoms with E-state index < -0.39 is 11.6 Å². The number of benzene rings is 1. The second-order valence-electron chi connectivity index (χ2n) is 4.82. The molecule has 0 spiro atoms. The van der Waals surface area contributed by atoms with Gasteiger partial charge in [-0.2, -0.15) is 0 Å². The molecule has 0 aliphatic heterocycles. The Morgan fingerprint density at radius 3 is 2.41 bits per heavy atom. The molecule has 0 bridgehead atoms. The lowest BCUT2D eigenvalue weighted by molar-refractivity contribution is 0.270. The fourth-order valence-electron chi connectivity index (χ4n) is 1.73. The maximum Gasteiger partial charge on any atom is 0.190 e. The lowest BCUT2D eigenvalue weighted by Gasteiger charge is -2.11. The number of hydrogen-bond donors (Lipinski definition) is 1. The van der Waals surface area contributed by atoms with E-state index in [0.29, 0.717) is 24.5 Å². The van der Waals surface area contributed by atoms with Crippen molar-refractivity contribution < 1.29 is 13.5 Å². The van der Waals surface area contributed by atoms with Gasteiger partial charge in [-0.15, -0.1) is 0 Å². The molecule has 0 aromatic heterocycles. The average Bonchev–Trinajstić information content (AvgIpc) is 2.98. The van der Waals surface area contributed by atoms with Crippen molar-refractivity contribution in [3.05, 3.63) is 29.3 Å². The van der Waals surface area contributed by atoms with E-state index in [2.05, 4.69) is 0 Å². The Balaban J connectivity index is 2.09. The van der Waals surface area contributed by atoms with Gasteiger partial charge in [0.2, 0.25) is 0 Å². The molecule has 1 saturated carbocycles. The number of rotatable bonds is 5. The maximum absolute atomic E-state index is 13.6. The highest BCUT2D eigenvalue weighted by Crippen LogP contribution is 2.31. The highest BCUT2D eigenvalue weighted by Gasteiger charge is 2.23. The van der Waals surface area contributed by atoms with Gasteiger partial charge in [0, 0.05) is 6.04 Å². The Bertz CT molecular complexity index is 379. The van der Waals surface area contributed by atoms with Gasteiger partial charge in [-0.05, 0) is 49.8 Å². The van der Waals surface area contributed by atoms with E-state index >= 15 is 0 Å². The predicted octanol–water partition coefficient (Wildman–Crippen LogP) is 2.64. The molecule has 1 aromatic rings. The zero-order chi connectivity index (χ0) is 12.4. The summed E-state index contributed by atoms with van der Waals surface area (Å²) in [5, 5.41) is 0. The van der Waals surface area contributed by atoms with Gasteiger partial charge in [-0.1, -0.05) is 0 Å². The van der Waals surface area contributed by atoms with Crippen LogP contribution in [-0.4, -0.2) is 12.6 Å². The first-order chi connectivity index (χ1) is 8.06. The van der Waals surface area contributed by atoms with E-state index in [1.165, 1.54) is 12.1 Å². The quantitative estimate of drug-likeness (QED) is 0.860. The predicted molar refractivity (Wildman–Crippen MR) is 61.9 cm³/mol. The van der Waals surface area contributed by atoms with Crippen LogP contribution in [0.2, 0.25) is 0 Å². The second-order valence-corrected chi connectivity index (χ2v) is 4.82. The Morgan fingerprint density at radius 2 is 1.94 bits per heavy atom. The van der Waals surface area contributed by atoms with Crippen molar-refractivity contribution in [3.63, 3.8) is 0 Å². The third kappa shape index (κ3) is 3.40. The SMILES string of the molecule is CC(N)Cc1cc(F)c(OCC2CC2)c(F)c1.